The molecule has 0 saturated heterocycles. The second kappa shape index (κ2) is 8.94. The Kier molecular flexibility index (Phi) is 6.87. The van der Waals surface area contributed by atoms with Crippen LogP contribution in [0.25, 0.3) is 0 Å². The highest BCUT2D eigenvalue weighted by Gasteiger charge is 2.22. The van der Waals surface area contributed by atoms with Crippen molar-refractivity contribution >= 4 is 39.1 Å². The number of hydrogen-bond acceptors (Lipinski definition) is 5. The number of carbonyl (C=O) groups excluding carboxylic acids is 2. The summed E-state index contributed by atoms with van der Waals surface area (Å²) in [5.74, 6) is -1.06. The third-order valence-electron chi connectivity index (χ3n) is 3.66. The summed E-state index contributed by atoms with van der Waals surface area (Å²) in [5.41, 5.74) is 4.71. The summed E-state index contributed by atoms with van der Waals surface area (Å²) in [4.78, 5) is 23.5. The number of para-hydroxylation sites is 2. The fraction of sp³-hybridized carbons (Fsp3) is 0.222. The van der Waals surface area contributed by atoms with Gasteiger partial charge in [0.2, 0.25) is 5.91 Å². The zero-order valence-corrected chi connectivity index (χ0v) is 17.0. The Hall–Kier alpha value is -2.78. The van der Waals surface area contributed by atoms with Crippen molar-refractivity contribution in [3.63, 3.8) is 0 Å². The van der Waals surface area contributed by atoms with Crippen LogP contribution in [-0.2, 0) is 14.8 Å². The summed E-state index contributed by atoms with van der Waals surface area (Å²) >= 11 is 6.04. The number of methoxy groups -OCH3 is 1. The van der Waals surface area contributed by atoms with Gasteiger partial charge < -0.3 is 4.74 Å². The Morgan fingerprint density at radius 1 is 1.07 bits per heavy atom. The van der Waals surface area contributed by atoms with Crippen LogP contribution >= 0.6 is 11.6 Å². The maximum absolute atomic E-state index is 12.8. The van der Waals surface area contributed by atoms with Crippen molar-refractivity contribution in [1.29, 1.82) is 0 Å². The number of amides is 2. The molecule has 0 aliphatic rings. The third-order valence-corrected chi connectivity index (χ3v) is 5.50. The molecule has 150 valence electrons. The molecule has 0 radical (unpaired) electrons. The second-order valence-corrected chi connectivity index (χ2v) is 8.11. The number of hydrogen-bond donors (Lipinski definition) is 3. The molecular formula is C18H20ClN3O5S. The van der Waals surface area contributed by atoms with E-state index in [0.29, 0.717) is 5.75 Å². The van der Waals surface area contributed by atoms with E-state index in [1.807, 2.05) is 0 Å². The molecule has 0 saturated carbocycles. The quantitative estimate of drug-likeness (QED) is 0.615. The Morgan fingerprint density at radius 2 is 1.75 bits per heavy atom. The van der Waals surface area contributed by atoms with Gasteiger partial charge in [-0.3, -0.25) is 25.2 Å². The molecule has 3 N–H and O–H groups in total. The van der Waals surface area contributed by atoms with Crippen molar-refractivity contribution in [3.8, 4) is 5.75 Å². The van der Waals surface area contributed by atoms with Gasteiger partial charge in [-0.05, 0) is 30.3 Å². The fourth-order valence-corrected chi connectivity index (χ4v) is 3.71. The van der Waals surface area contributed by atoms with E-state index in [4.69, 9.17) is 16.3 Å². The average molecular weight is 426 g/mol. The molecule has 2 amide bonds. The van der Waals surface area contributed by atoms with Gasteiger partial charge in [-0.25, -0.2) is 8.42 Å². The van der Waals surface area contributed by atoms with Crippen LogP contribution in [0.5, 0.6) is 5.75 Å². The first kappa shape index (κ1) is 21.5. The van der Waals surface area contributed by atoms with Gasteiger partial charge in [0.05, 0.1) is 17.8 Å². The van der Waals surface area contributed by atoms with Crippen LogP contribution in [0.15, 0.2) is 47.4 Å². The van der Waals surface area contributed by atoms with E-state index in [1.165, 1.54) is 25.3 Å². The summed E-state index contributed by atoms with van der Waals surface area (Å²) in [6, 6.07) is 10.2. The van der Waals surface area contributed by atoms with Crippen LogP contribution in [0.4, 0.5) is 5.69 Å². The van der Waals surface area contributed by atoms with Gasteiger partial charge in [-0.1, -0.05) is 37.6 Å². The molecule has 2 aromatic rings. The summed E-state index contributed by atoms with van der Waals surface area (Å²) in [5, 5.41) is -0.0647. The minimum Gasteiger partial charge on any atom is -0.495 e. The van der Waals surface area contributed by atoms with E-state index in [1.54, 1.807) is 32.0 Å². The third kappa shape index (κ3) is 5.14. The zero-order chi connectivity index (χ0) is 20.9. The maximum Gasteiger partial charge on any atom is 0.269 e. The molecule has 0 fully saturated rings. The lowest BCUT2D eigenvalue weighted by Crippen LogP contribution is -2.43. The Balaban J connectivity index is 2.28. The second-order valence-electron chi connectivity index (χ2n) is 6.05. The van der Waals surface area contributed by atoms with E-state index in [-0.39, 0.29) is 33.0 Å². The normalized spacial score (nSPS) is 11.0. The number of ether oxygens (including phenoxy) is 1. The predicted molar refractivity (Wildman–Crippen MR) is 106 cm³/mol. The topological polar surface area (TPSA) is 114 Å². The van der Waals surface area contributed by atoms with Crippen molar-refractivity contribution in [1.82, 2.24) is 10.9 Å². The number of hydrazine groups is 1. The highest BCUT2D eigenvalue weighted by Crippen LogP contribution is 2.29. The minimum atomic E-state index is -4.11. The van der Waals surface area contributed by atoms with Crippen molar-refractivity contribution in [2.45, 2.75) is 18.7 Å². The van der Waals surface area contributed by atoms with E-state index >= 15 is 0 Å². The molecule has 8 nitrogen and oxygen atoms in total. The molecule has 2 rings (SSSR count). The van der Waals surface area contributed by atoms with Crippen molar-refractivity contribution in [2.75, 3.05) is 11.8 Å². The summed E-state index contributed by atoms with van der Waals surface area (Å²) in [6.45, 7) is 3.33. The van der Waals surface area contributed by atoms with Crippen LogP contribution in [-0.4, -0.2) is 27.3 Å². The molecule has 0 spiro atoms. The van der Waals surface area contributed by atoms with Crippen molar-refractivity contribution < 1.29 is 22.7 Å². The van der Waals surface area contributed by atoms with Gasteiger partial charge in [0.1, 0.15) is 10.6 Å². The molecule has 0 unspecified atom stereocenters. The largest absolute Gasteiger partial charge is 0.495 e. The number of halogens is 1. The van der Waals surface area contributed by atoms with Crippen LogP contribution in [0.3, 0.4) is 0 Å². The minimum absolute atomic E-state index is 0.00820. The Bertz CT molecular complexity index is 992. The molecule has 0 aromatic heterocycles. The molecule has 10 heteroatoms. The van der Waals surface area contributed by atoms with Gasteiger partial charge >= 0.3 is 0 Å². The van der Waals surface area contributed by atoms with Crippen LogP contribution in [0.2, 0.25) is 5.02 Å². The Labute approximate surface area is 168 Å². The van der Waals surface area contributed by atoms with Crippen LogP contribution in [0.1, 0.15) is 24.2 Å². The molecular weight excluding hydrogens is 406 g/mol. The monoisotopic (exact) mass is 425 g/mol. The van der Waals surface area contributed by atoms with E-state index in [9.17, 15) is 18.0 Å². The van der Waals surface area contributed by atoms with E-state index < -0.39 is 15.9 Å². The van der Waals surface area contributed by atoms with Gasteiger partial charge in [0.25, 0.3) is 15.9 Å². The standard InChI is InChI=1S/C18H20ClN3O5S/c1-11(2)17(23)20-21-18(24)12-8-9-13(19)16(10-12)28(25,26)22-14-6-4-5-7-15(14)27-3/h4-11,22H,1-3H3,(H,20,23)(H,21,24). The summed E-state index contributed by atoms with van der Waals surface area (Å²) in [6.07, 6.45) is 0. The molecule has 0 aliphatic heterocycles. The van der Waals surface area contributed by atoms with E-state index in [0.717, 1.165) is 6.07 Å². The van der Waals surface area contributed by atoms with Gasteiger partial charge in [0.15, 0.2) is 0 Å². The highest BCUT2D eigenvalue weighted by atomic mass is 35.5. The van der Waals surface area contributed by atoms with Crippen molar-refractivity contribution in [3.05, 3.63) is 53.1 Å². The zero-order valence-electron chi connectivity index (χ0n) is 15.4. The number of rotatable bonds is 6. The molecule has 0 aliphatic carbocycles. The fourth-order valence-electron chi connectivity index (χ4n) is 2.11. The lowest BCUT2D eigenvalue weighted by molar-refractivity contribution is -0.124. The van der Waals surface area contributed by atoms with Gasteiger partial charge in [-0.15, -0.1) is 0 Å². The molecule has 28 heavy (non-hydrogen) atoms. The number of nitrogens with one attached hydrogen (secondary N) is 3. The van der Waals surface area contributed by atoms with E-state index in [2.05, 4.69) is 15.6 Å². The molecule has 2 aromatic carbocycles. The number of benzene rings is 2. The number of carbonyl (C=O) groups is 2. The molecule has 0 bridgehead atoms. The highest BCUT2D eigenvalue weighted by molar-refractivity contribution is 7.92. The van der Waals surface area contributed by atoms with Crippen LogP contribution < -0.4 is 20.3 Å². The lowest BCUT2D eigenvalue weighted by atomic mass is 10.2. The van der Waals surface area contributed by atoms with Gasteiger partial charge in [-0.2, -0.15) is 0 Å². The smallest absolute Gasteiger partial charge is 0.269 e. The summed E-state index contributed by atoms with van der Waals surface area (Å²) in [7, 11) is -2.69. The lowest BCUT2D eigenvalue weighted by Gasteiger charge is -2.14. The van der Waals surface area contributed by atoms with Crippen molar-refractivity contribution in [2.24, 2.45) is 5.92 Å². The molecule has 0 heterocycles. The SMILES string of the molecule is COc1ccccc1NS(=O)(=O)c1cc(C(=O)NNC(=O)C(C)C)ccc1Cl. The number of sulfonamides is 1. The first-order chi connectivity index (χ1) is 13.2. The van der Waals surface area contributed by atoms with Crippen LogP contribution in [0, 0.1) is 5.92 Å². The maximum atomic E-state index is 12.8. The summed E-state index contributed by atoms with van der Waals surface area (Å²) < 4.78 is 33.1. The van der Waals surface area contributed by atoms with Gasteiger partial charge in [0, 0.05) is 11.5 Å². The Morgan fingerprint density at radius 3 is 2.39 bits per heavy atom. The predicted octanol–water partition coefficient (Wildman–Crippen LogP) is 2.57. The molecule has 0 atom stereocenters. The average Bonchev–Trinajstić information content (AvgIpc) is 2.66. The first-order valence-electron chi connectivity index (χ1n) is 8.21. The first-order valence-corrected chi connectivity index (χ1v) is 10.1. The number of anilines is 1.